The Morgan fingerprint density at radius 3 is 2.67 bits per heavy atom. The highest BCUT2D eigenvalue weighted by atomic mass is 16.5. The summed E-state index contributed by atoms with van der Waals surface area (Å²) in [6.07, 6.45) is 5.50. The van der Waals surface area contributed by atoms with Crippen LogP contribution in [0.3, 0.4) is 0 Å². The minimum Gasteiger partial charge on any atom is -0.492 e. The van der Waals surface area contributed by atoms with Crippen molar-refractivity contribution < 1.29 is 9.53 Å². The van der Waals surface area contributed by atoms with Gasteiger partial charge in [-0.3, -0.25) is 4.79 Å². The van der Waals surface area contributed by atoms with E-state index >= 15 is 0 Å². The molecule has 0 aromatic heterocycles. The fourth-order valence-electron chi connectivity index (χ4n) is 4.19. The predicted octanol–water partition coefficient (Wildman–Crippen LogP) is 3.11. The van der Waals surface area contributed by atoms with E-state index in [-0.39, 0.29) is 5.91 Å². The first-order chi connectivity index (χ1) is 13.2. The van der Waals surface area contributed by atoms with Crippen LogP contribution in [0.1, 0.15) is 39.5 Å². The third-order valence-electron chi connectivity index (χ3n) is 5.39. The standard InChI is InChI=1S/C21H32N4O2/c1-3-22-21(25-14-17-7-4-5-8-18(17)15-25)23-11-12-27-20-10-6-9-19(13-20)24-16(2)26/h6,9-10,13,17-18H,3-5,7-8,11-12,14-15H2,1-2H3,(H,22,23)(H,24,26). The molecule has 6 nitrogen and oxygen atoms in total. The van der Waals surface area contributed by atoms with Gasteiger partial charge in [0.25, 0.3) is 0 Å². The molecule has 1 aromatic rings. The van der Waals surface area contributed by atoms with Crippen molar-refractivity contribution in [2.75, 3.05) is 38.1 Å². The van der Waals surface area contributed by atoms with Crippen LogP contribution in [-0.2, 0) is 4.79 Å². The first kappa shape index (κ1) is 19.5. The first-order valence-corrected chi connectivity index (χ1v) is 10.2. The molecule has 0 radical (unpaired) electrons. The van der Waals surface area contributed by atoms with E-state index in [2.05, 4.69) is 22.5 Å². The summed E-state index contributed by atoms with van der Waals surface area (Å²) in [6, 6.07) is 7.45. The average molecular weight is 373 g/mol. The van der Waals surface area contributed by atoms with Gasteiger partial charge in [-0.05, 0) is 43.7 Å². The summed E-state index contributed by atoms with van der Waals surface area (Å²) in [5.74, 6) is 3.36. The summed E-state index contributed by atoms with van der Waals surface area (Å²) in [6.45, 7) is 7.88. The Bertz CT molecular complexity index is 647. The maximum Gasteiger partial charge on any atom is 0.221 e. The highest BCUT2D eigenvalue weighted by Gasteiger charge is 2.35. The number of fused-ring (bicyclic) bond motifs is 1. The number of ether oxygens (including phenoxy) is 1. The molecule has 1 saturated carbocycles. The van der Waals surface area contributed by atoms with Gasteiger partial charge in [0.05, 0.1) is 6.54 Å². The number of amides is 1. The van der Waals surface area contributed by atoms with Crippen molar-refractivity contribution in [2.24, 2.45) is 16.8 Å². The molecule has 6 heteroatoms. The molecule has 2 N–H and O–H groups in total. The summed E-state index contributed by atoms with van der Waals surface area (Å²) in [5, 5.41) is 6.21. The second-order valence-corrected chi connectivity index (χ2v) is 7.50. The highest BCUT2D eigenvalue weighted by Crippen LogP contribution is 2.35. The van der Waals surface area contributed by atoms with Gasteiger partial charge < -0.3 is 20.3 Å². The number of anilines is 1. The Balaban J connectivity index is 1.51. The second-order valence-electron chi connectivity index (χ2n) is 7.50. The number of aliphatic imine (C=N–C) groups is 1. The van der Waals surface area contributed by atoms with E-state index < -0.39 is 0 Å². The number of rotatable bonds is 6. The van der Waals surface area contributed by atoms with Gasteiger partial charge in [0.1, 0.15) is 12.4 Å². The Morgan fingerprint density at radius 1 is 1.26 bits per heavy atom. The molecule has 1 aliphatic carbocycles. The Morgan fingerprint density at radius 2 is 2.00 bits per heavy atom. The van der Waals surface area contributed by atoms with Crippen LogP contribution in [0, 0.1) is 11.8 Å². The van der Waals surface area contributed by atoms with Crippen LogP contribution in [0.25, 0.3) is 0 Å². The van der Waals surface area contributed by atoms with Gasteiger partial charge in [-0.1, -0.05) is 18.9 Å². The quantitative estimate of drug-likeness (QED) is 0.457. The van der Waals surface area contributed by atoms with Gasteiger partial charge in [-0.2, -0.15) is 0 Å². The molecule has 1 heterocycles. The third-order valence-corrected chi connectivity index (χ3v) is 5.39. The Kier molecular flexibility index (Phi) is 6.96. The molecule has 2 atom stereocenters. The number of hydrogen-bond donors (Lipinski definition) is 2. The van der Waals surface area contributed by atoms with E-state index in [9.17, 15) is 4.79 Å². The van der Waals surface area contributed by atoms with Crippen molar-refractivity contribution in [2.45, 2.75) is 39.5 Å². The molecule has 0 bridgehead atoms. The van der Waals surface area contributed by atoms with Crippen molar-refractivity contribution >= 4 is 17.6 Å². The van der Waals surface area contributed by atoms with Gasteiger partial charge >= 0.3 is 0 Å². The number of nitrogens with zero attached hydrogens (tertiary/aromatic N) is 2. The van der Waals surface area contributed by atoms with Crippen LogP contribution in [0.15, 0.2) is 29.3 Å². The molecule has 1 aliphatic heterocycles. The molecule has 1 amide bonds. The SMILES string of the molecule is CCNC(=NCCOc1cccc(NC(C)=O)c1)N1CC2CCCCC2C1. The number of likely N-dealkylation sites (tertiary alicyclic amines) is 1. The van der Waals surface area contributed by atoms with E-state index in [0.29, 0.717) is 13.2 Å². The highest BCUT2D eigenvalue weighted by molar-refractivity contribution is 5.88. The zero-order valence-corrected chi connectivity index (χ0v) is 16.5. The molecule has 27 heavy (non-hydrogen) atoms. The zero-order valence-electron chi connectivity index (χ0n) is 16.5. The van der Waals surface area contributed by atoms with E-state index in [0.717, 1.165) is 48.9 Å². The van der Waals surface area contributed by atoms with Crippen LogP contribution in [0.4, 0.5) is 5.69 Å². The molecule has 0 spiro atoms. The van der Waals surface area contributed by atoms with Crippen molar-refractivity contribution in [3.05, 3.63) is 24.3 Å². The number of hydrogen-bond acceptors (Lipinski definition) is 3. The van der Waals surface area contributed by atoms with E-state index in [1.807, 2.05) is 24.3 Å². The van der Waals surface area contributed by atoms with Crippen molar-refractivity contribution in [1.29, 1.82) is 0 Å². The van der Waals surface area contributed by atoms with Crippen LogP contribution in [0.2, 0.25) is 0 Å². The molecule has 2 aliphatic rings. The van der Waals surface area contributed by atoms with Crippen LogP contribution in [-0.4, -0.2) is 49.6 Å². The zero-order chi connectivity index (χ0) is 19.1. The van der Waals surface area contributed by atoms with E-state index in [1.54, 1.807) is 0 Å². The topological polar surface area (TPSA) is 66.0 Å². The minimum atomic E-state index is -0.0850. The second kappa shape index (κ2) is 9.62. The van der Waals surface area contributed by atoms with Crippen LogP contribution >= 0.6 is 0 Å². The minimum absolute atomic E-state index is 0.0850. The molecular weight excluding hydrogens is 340 g/mol. The van der Waals surface area contributed by atoms with Gasteiger partial charge in [0.2, 0.25) is 5.91 Å². The maximum absolute atomic E-state index is 11.2. The normalized spacial score (nSPS) is 22.3. The average Bonchev–Trinajstić information content (AvgIpc) is 3.08. The lowest BCUT2D eigenvalue weighted by Crippen LogP contribution is -2.40. The van der Waals surface area contributed by atoms with Gasteiger partial charge in [0.15, 0.2) is 5.96 Å². The smallest absolute Gasteiger partial charge is 0.221 e. The lowest BCUT2D eigenvalue weighted by Gasteiger charge is -2.22. The lowest BCUT2D eigenvalue weighted by molar-refractivity contribution is -0.114. The van der Waals surface area contributed by atoms with Gasteiger partial charge in [-0.25, -0.2) is 4.99 Å². The number of benzene rings is 1. The van der Waals surface area contributed by atoms with Crippen LogP contribution in [0.5, 0.6) is 5.75 Å². The summed E-state index contributed by atoms with van der Waals surface area (Å²) in [7, 11) is 0. The van der Waals surface area contributed by atoms with Gasteiger partial charge in [0, 0.05) is 38.3 Å². The van der Waals surface area contributed by atoms with E-state index in [4.69, 9.17) is 9.73 Å². The van der Waals surface area contributed by atoms with Crippen LogP contribution < -0.4 is 15.4 Å². The fraction of sp³-hybridized carbons (Fsp3) is 0.619. The number of carbonyl (C=O) groups excluding carboxylic acids is 1. The van der Waals surface area contributed by atoms with Crippen molar-refractivity contribution in [3.63, 3.8) is 0 Å². The van der Waals surface area contributed by atoms with Crippen molar-refractivity contribution in [3.8, 4) is 5.75 Å². The largest absolute Gasteiger partial charge is 0.492 e. The van der Waals surface area contributed by atoms with Gasteiger partial charge in [-0.15, -0.1) is 0 Å². The number of carbonyl (C=O) groups is 1. The number of nitrogens with one attached hydrogen (secondary N) is 2. The Hall–Kier alpha value is -2.24. The maximum atomic E-state index is 11.2. The summed E-state index contributed by atoms with van der Waals surface area (Å²) < 4.78 is 5.81. The molecule has 1 saturated heterocycles. The van der Waals surface area contributed by atoms with E-state index in [1.165, 1.54) is 32.6 Å². The molecule has 2 unspecified atom stereocenters. The summed E-state index contributed by atoms with van der Waals surface area (Å²) in [4.78, 5) is 18.4. The third kappa shape index (κ3) is 5.62. The molecule has 148 valence electrons. The molecule has 3 rings (SSSR count). The van der Waals surface area contributed by atoms with Crippen molar-refractivity contribution in [1.82, 2.24) is 10.2 Å². The molecule has 1 aromatic carbocycles. The summed E-state index contributed by atoms with van der Waals surface area (Å²) >= 11 is 0. The molecule has 2 fully saturated rings. The first-order valence-electron chi connectivity index (χ1n) is 10.2. The summed E-state index contributed by atoms with van der Waals surface area (Å²) in [5.41, 5.74) is 0.747. The monoisotopic (exact) mass is 372 g/mol. The number of guanidine groups is 1. The fourth-order valence-corrected chi connectivity index (χ4v) is 4.19. The lowest BCUT2D eigenvalue weighted by atomic mass is 9.82. The predicted molar refractivity (Wildman–Crippen MR) is 109 cm³/mol. The Labute approximate surface area is 162 Å². The molecular formula is C21H32N4O2.